The minimum absolute atomic E-state index is 0.333. The Hall–Kier alpha value is -2.55. The first kappa shape index (κ1) is 16.8. The Morgan fingerprint density at radius 3 is 2.35 bits per heavy atom. The maximum atomic E-state index is 11.2. The summed E-state index contributed by atoms with van der Waals surface area (Å²) >= 11 is 0. The van der Waals surface area contributed by atoms with Gasteiger partial charge < -0.3 is 9.47 Å². The van der Waals surface area contributed by atoms with Gasteiger partial charge in [-0.3, -0.25) is 0 Å². The lowest BCUT2D eigenvalue weighted by Crippen LogP contribution is -2.07. The molecule has 2 aromatic carbocycles. The van der Waals surface area contributed by atoms with Gasteiger partial charge in [0.25, 0.3) is 0 Å². The van der Waals surface area contributed by atoms with Crippen LogP contribution in [0.3, 0.4) is 0 Å². The van der Waals surface area contributed by atoms with Crippen LogP contribution in [-0.2, 0) is 9.53 Å². The molecule has 0 heterocycles. The van der Waals surface area contributed by atoms with Crippen LogP contribution in [0, 0.1) is 0 Å². The van der Waals surface area contributed by atoms with Gasteiger partial charge in [0.2, 0.25) is 0 Å². The van der Waals surface area contributed by atoms with Crippen molar-refractivity contribution >= 4 is 5.97 Å². The highest BCUT2D eigenvalue weighted by atomic mass is 16.5. The standard InChI is InChI=1S/C20H22O3/c1-16(2)20(21)23-15-9-8-14-22-19-13-7-6-12-18(19)17-10-4-3-5-11-17/h3-7,10-13H,1,8-9,14-15H2,2H3. The van der Waals surface area contributed by atoms with Crippen LogP contribution in [0.2, 0.25) is 0 Å². The molecular weight excluding hydrogens is 288 g/mol. The van der Waals surface area contributed by atoms with Crippen LogP contribution < -0.4 is 4.74 Å². The van der Waals surface area contributed by atoms with Gasteiger partial charge in [-0.25, -0.2) is 4.79 Å². The van der Waals surface area contributed by atoms with Crippen LogP contribution in [0.4, 0.5) is 0 Å². The van der Waals surface area contributed by atoms with Crippen LogP contribution in [0.5, 0.6) is 5.75 Å². The molecule has 0 saturated heterocycles. The van der Waals surface area contributed by atoms with Crippen molar-refractivity contribution in [2.24, 2.45) is 0 Å². The molecule has 0 saturated carbocycles. The molecule has 0 amide bonds. The summed E-state index contributed by atoms with van der Waals surface area (Å²) in [6, 6.07) is 18.2. The molecule has 2 aromatic rings. The number of benzene rings is 2. The summed E-state index contributed by atoms with van der Waals surface area (Å²) in [5.41, 5.74) is 2.65. The molecule has 0 spiro atoms. The van der Waals surface area contributed by atoms with E-state index in [0.717, 1.165) is 29.7 Å². The first-order valence-corrected chi connectivity index (χ1v) is 7.78. The monoisotopic (exact) mass is 310 g/mol. The number of rotatable bonds is 8. The van der Waals surface area contributed by atoms with Gasteiger partial charge in [-0.1, -0.05) is 55.1 Å². The normalized spacial score (nSPS) is 10.1. The number of hydrogen-bond donors (Lipinski definition) is 0. The number of ether oxygens (including phenoxy) is 2. The lowest BCUT2D eigenvalue weighted by Gasteiger charge is -2.11. The highest BCUT2D eigenvalue weighted by Crippen LogP contribution is 2.29. The SMILES string of the molecule is C=C(C)C(=O)OCCCCOc1ccccc1-c1ccccc1. The third kappa shape index (κ3) is 5.29. The number of carbonyl (C=O) groups excluding carboxylic acids is 1. The minimum atomic E-state index is -0.333. The summed E-state index contributed by atoms with van der Waals surface area (Å²) in [4.78, 5) is 11.2. The third-order valence-corrected chi connectivity index (χ3v) is 3.35. The Morgan fingerprint density at radius 2 is 1.61 bits per heavy atom. The molecule has 2 rings (SSSR count). The van der Waals surface area contributed by atoms with E-state index in [9.17, 15) is 4.79 Å². The summed E-state index contributed by atoms with van der Waals surface area (Å²) in [7, 11) is 0. The van der Waals surface area contributed by atoms with Gasteiger partial charge >= 0.3 is 5.97 Å². The second-order valence-electron chi connectivity index (χ2n) is 5.33. The van der Waals surface area contributed by atoms with Crippen molar-refractivity contribution < 1.29 is 14.3 Å². The largest absolute Gasteiger partial charge is 0.493 e. The van der Waals surface area contributed by atoms with Crippen molar-refractivity contribution in [2.75, 3.05) is 13.2 Å². The van der Waals surface area contributed by atoms with Crippen LogP contribution in [-0.4, -0.2) is 19.2 Å². The molecule has 3 nitrogen and oxygen atoms in total. The molecule has 3 heteroatoms. The van der Waals surface area contributed by atoms with E-state index in [2.05, 4.69) is 24.8 Å². The van der Waals surface area contributed by atoms with Gasteiger partial charge in [0.1, 0.15) is 5.75 Å². The first-order valence-electron chi connectivity index (χ1n) is 7.78. The molecule has 0 unspecified atom stereocenters. The number of para-hydroxylation sites is 1. The second-order valence-corrected chi connectivity index (χ2v) is 5.33. The van der Waals surface area contributed by atoms with Gasteiger partial charge in [0.05, 0.1) is 13.2 Å². The number of hydrogen-bond acceptors (Lipinski definition) is 3. The molecule has 0 N–H and O–H groups in total. The zero-order valence-electron chi connectivity index (χ0n) is 13.5. The fourth-order valence-corrected chi connectivity index (χ4v) is 2.12. The van der Waals surface area contributed by atoms with Crippen LogP contribution in [0.25, 0.3) is 11.1 Å². The molecule has 0 bridgehead atoms. The van der Waals surface area contributed by atoms with Crippen molar-refractivity contribution in [2.45, 2.75) is 19.8 Å². The van der Waals surface area contributed by atoms with E-state index >= 15 is 0 Å². The molecular formula is C20H22O3. The zero-order chi connectivity index (χ0) is 16.5. The summed E-state index contributed by atoms with van der Waals surface area (Å²) in [6.07, 6.45) is 1.60. The minimum Gasteiger partial charge on any atom is -0.493 e. The van der Waals surface area contributed by atoms with Crippen LogP contribution >= 0.6 is 0 Å². The first-order chi connectivity index (χ1) is 11.2. The molecule has 0 aromatic heterocycles. The van der Waals surface area contributed by atoms with E-state index < -0.39 is 0 Å². The summed E-state index contributed by atoms with van der Waals surface area (Å²) in [6.45, 7) is 6.18. The molecule has 0 aliphatic rings. The second kappa shape index (κ2) is 8.79. The predicted molar refractivity (Wildman–Crippen MR) is 92.4 cm³/mol. The highest BCUT2D eigenvalue weighted by Gasteiger charge is 2.05. The average molecular weight is 310 g/mol. The molecule has 23 heavy (non-hydrogen) atoms. The Balaban J connectivity index is 1.81. The van der Waals surface area contributed by atoms with Gasteiger partial charge in [0, 0.05) is 11.1 Å². The van der Waals surface area contributed by atoms with Gasteiger partial charge in [-0.2, -0.15) is 0 Å². The summed E-state index contributed by atoms with van der Waals surface area (Å²) < 4.78 is 10.9. The molecule has 0 aliphatic carbocycles. The average Bonchev–Trinajstić information content (AvgIpc) is 2.58. The summed E-state index contributed by atoms with van der Waals surface area (Å²) in [5, 5.41) is 0. The Bertz CT molecular complexity index is 647. The van der Waals surface area contributed by atoms with Gasteiger partial charge in [-0.05, 0) is 31.4 Å². The maximum absolute atomic E-state index is 11.2. The van der Waals surface area contributed by atoms with Crippen molar-refractivity contribution in [1.29, 1.82) is 0 Å². The summed E-state index contributed by atoms with van der Waals surface area (Å²) in [5.74, 6) is 0.540. The molecule has 0 aliphatic heterocycles. The van der Waals surface area contributed by atoms with E-state index in [1.54, 1.807) is 6.92 Å². The third-order valence-electron chi connectivity index (χ3n) is 3.35. The van der Waals surface area contributed by atoms with Crippen LogP contribution in [0.15, 0.2) is 66.7 Å². The van der Waals surface area contributed by atoms with Crippen molar-refractivity contribution in [3.8, 4) is 16.9 Å². The number of unbranched alkanes of at least 4 members (excludes halogenated alkanes) is 1. The smallest absolute Gasteiger partial charge is 0.333 e. The lowest BCUT2D eigenvalue weighted by molar-refractivity contribution is -0.139. The molecule has 0 fully saturated rings. The predicted octanol–water partition coefficient (Wildman–Crippen LogP) is 4.63. The van der Waals surface area contributed by atoms with Crippen molar-refractivity contribution in [1.82, 2.24) is 0 Å². The quantitative estimate of drug-likeness (QED) is 0.405. The Morgan fingerprint density at radius 1 is 0.957 bits per heavy atom. The highest BCUT2D eigenvalue weighted by molar-refractivity contribution is 5.86. The fourth-order valence-electron chi connectivity index (χ4n) is 2.12. The number of carbonyl (C=O) groups is 1. The van der Waals surface area contributed by atoms with Crippen molar-refractivity contribution in [3.05, 3.63) is 66.7 Å². The Kier molecular flexibility index (Phi) is 6.42. The van der Waals surface area contributed by atoms with E-state index in [-0.39, 0.29) is 5.97 Å². The maximum Gasteiger partial charge on any atom is 0.333 e. The number of esters is 1. The van der Waals surface area contributed by atoms with Gasteiger partial charge in [0.15, 0.2) is 0 Å². The fraction of sp³-hybridized carbons (Fsp3) is 0.250. The topological polar surface area (TPSA) is 35.5 Å². The zero-order valence-corrected chi connectivity index (χ0v) is 13.5. The lowest BCUT2D eigenvalue weighted by atomic mass is 10.1. The molecule has 120 valence electrons. The van der Waals surface area contributed by atoms with Crippen LogP contribution in [0.1, 0.15) is 19.8 Å². The molecule has 0 atom stereocenters. The molecule has 0 radical (unpaired) electrons. The Labute approximate surface area is 137 Å². The van der Waals surface area contributed by atoms with E-state index in [1.807, 2.05) is 36.4 Å². The van der Waals surface area contributed by atoms with Crippen molar-refractivity contribution in [3.63, 3.8) is 0 Å². The van der Waals surface area contributed by atoms with Gasteiger partial charge in [-0.15, -0.1) is 0 Å². The van der Waals surface area contributed by atoms with E-state index in [0.29, 0.717) is 18.8 Å². The van der Waals surface area contributed by atoms with E-state index in [1.165, 1.54) is 0 Å². The van der Waals surface area contributed by atoms with E-state index in [4.69, 9.17) is 9.47 Å².